The zero-order valence-electron chi connectivity index (χ0n) is 18.0. The fourth-order valence-electron chi connectivity index (χ4n) is 3.68. The van der Waals surface area contributed by atoms with Gasteiger partial charge in [0.05, 0.1) is 44.2 Å². The molecular formula is C22H29N3O7. The molecule has 3 rings (SSSR count). The summed E-state index contributed by atoms with van der Waals surface area (Å²) in [5.41, 5.74) is 6.81. The lowest BCUT2D eigenvalue weighted by molar-refractivity contribution is -0.136. The number of carbonyl (C=O) groups is 4. The summed E-state index contributed by atoms with van der Waals surface area (Å²) < 4.78 is 16.1. The number of aryl methyl sites for hydroxylation is 1. The van der Waals surface area contributed by atoms with Crippen molar-refractivity contribution in [2.45, 2.75) is 31.7 Å². The third kappa shape index (κ3) is 5.98. The summed E-state index contributed by atoms with van der Waals surface area (Å²) in [6.45, 7) is 3.54. The molecule has 0 bridgehead atoms. The molecule has 1 unspecified atom stereocenters. The van der Waals surface area contributed by atoms with Crippen molar-refractivity contribution in [1.29, 1.82) is 0 Å². The Balaban J connectivity index is 1.42. The van der Waals surface area contributed by atoms with Crippen molar-refractivity contribution in [2.24, 2.45) is 5.73 Å². The maximum atomic E-state index is 12.8. The van der Waals surface area contributed by atoms with E-state index >= 15 is 0 Å². The Morgan fingerprint density at radius 2 is 1.56 bits per heavy atom. The van der Waals surface area contributed by atoms with Gasteiger partial charge >= 0.3 is 0 Å². The lowest BCUT2D eigenvalue weighted by Gasteiger charge is -2.27. The van der Waals surface area contributed by atoms with Gasteiger partial charge in [-0.1, -0.05) is 6.07 Å². The van der Waals surface area contributed by atoms with Crippen LogP contribution < -0.4 is 11.1 Å². The number of ether oxygens (including phenoxy) is 3. The van der Waals surface area contributed by atoms with Gasteiger partial charge in [-0.15, -0.1) is 0 Å². The highest BCUT2D eigenvalue weighted by molar-refractivity contribution is 6.23. The van der Waals surface area contributed by atoms with E-state index in [4.69, 9.17) is 19.9 Å². The number of nitrogens with one attached hydrogen (secondary N) is 1. The highest BCUT2D eigenvalue weighted by atomic mass is 16.5. The molecule has 10 nitrogen and oxygen atoms in total. The third-order valence-corrected chi connectivity index (χ3v) is 5.26. The summed E-state index contributed by atoms with van der Waals surface area (Å²) in [6.07, 6.45) is 1.67. The van der Waals surface area contributed by atoms with Crippen molar-refractivity contribution in [2.75, 3.05) is 46.2 Å². The van der Waals surface area contributed by atoms with Gasteiger partial charge in [0, 0.05) is 19.6 Å². The SMILES string of the molecule is NCCOCCOCCOCCCc1ccc2c(c1)C(=O)N(C1CCC(=O)NC1=O)C2=O. The topological polar surface area (TPSA) is 137 Å². The summed E-state index contributed by atoms with van der Waals surface area (Å²) in [4.78, 5) is 50.0. The number of benzene rings is 1. The molecule has 2 heterocycles. The summed E-state index contributed by atoms with van der Waals surface area (Å²) in [7, 11) is 0. The van der Waals surface area contributed by atoms with Crippen LogP contribution in [0.15, 0.2) is 18.2 Å². The molecule has 1 aromatic carbocycles. The van der Waals surface area contributed by atoms with Gasteiger partial charge in [-0.3, -0.25) is 29.4 Å². The number of rotatable bonds is 13. The molecule has 0 spiro atoms. The van der Waals surface area contributed by atoms with E-state index < -0.39 is 29.7 Å². The number of carbonyl (C=O) groups excluding carboxylic acids is 4. The molecule has 174 valence electrons. The van der Waals surface area contributed by atoms with Gasteiger partial charge in [-0.05, 0) is 37.0 Å². The molecule has 2 aliphatic rings. The summed E-state index contributed by atoms with van der Waals surface area (Å²) >= 11 is 0. The van der Waals surface area contributed by atoms with E-state index in [9.17, 15) is 19.2 Å². The first-order chi connectivity index (χ1) is 15.5. The predicted molar refractivity (Wildman–Crippen MR) is 113 cm³/mol. The van der Waals surface area contributed by atoms with Crippen molar-refractivity contribution >= 4 is 23.6 Å². The van der Waals surface area contributed by atoms with Crippen LogP contribution >= 0.6 is 0 Å². The van der Waals surface area contributed by atoms with Crippen LogP contribution in [0.1, 0.15) is 45.5 Å². The molecule has 0 aromatic heterocycles. The summed E-state index contributed by atoms with van der Waals surface area (Å²) in [5.74, 6) is -2.00. The highest BCUT2D eigenvalue weighted by Crippen LogP contribution is 2.28. The maximum absolute atomic E-state index is 12.8. The fourth-order valence-corrected chi connectivity index (χ4v) is 3.68. The first-order valence-electron chi connectivity index (χ1n) is 10.8. The number of nitrogens with two attached hydrogens (primary N) is 1. The Kier molecular flexibility index (Phi) is 8.86. The van der Waals surface area contributed by atoms with E-state index in [0.29, 0.717) is 58.2 Å². The minimum Gasteiger partial charge on any atom is -0.379 e. The third-order valence-electron chi connectivity index (χ3n) is 5.26. The van der Waals surface area contributed by atoms with Gasteiger partial charge in [0.25, 0.3) is 11.8 Å². The van der Waals surface area contributed by atoms with Crippen molar-refractivity contribution < 1.29 is 33.4 Å². The second-order valence-corrected chi connectivity index (χ2v) is 7.56. The van der Waals surface area contributed by atoms with Crippen LogP contribution in [-0.2, 0) is 30.2 Å². The van der Waals surface area contributed by atoms with Crippen LogP contribution in [0, 0.1) is 0 Å². The minimum absolute atomic E-state index is 0.0994. The van der Waals surface area contributed by atoms with E-state index in [1.807, 2.05) is 6.07 Å². The number of hydrogen-bond acceptors (Lipinski definition) is 8. The van der Waals surface area contributed by atoms with Crippen LogP contribution in [0.5, 0.6) is 0 Å². The number of imide groups is 2. The molecule has 2 aliphatic heterocycles. The normalized spacial score (nSPS) is 18.3. The molecule has 3 N–H and O–H groups in total. The average Bonchev–Trinajstić information content (AvgIpc) is 3.02. The highest BCUT2D eigenvalue weighted by Gasteiger charge is 2.44. The Labute approximate surface area is 186 Å². The maximum Gasteiger partial charge on any atom is 0.262 e. The van der Waals surface area contributed by atoms with E-state index in [-0.39, 0.29) is 18.4 Å². The molecule has 0 saturated carbocycles. The van der Waals surface area contributed by atoms with Crippen molar-refractivity contribution in [3.63, 3.8) is 0 Å². The molecule has 1 aromatic rings. The molecule has 0 radical (unpaired) electrons. The second-order valence-electron chi connectivity index (χ2n) is 7.56. The standard InChI is InChI=1S/C22H29N3O7/c23-7-9-31-11-13-32-12-10-30-8-1-2-15-3-4-16-17(14-15)22(29)25(21(16)28)18-5-6-19(26)24-20(18)27/h3-4,14,18H,1-2,5-13,23H2,(H,24,26,27). The van der Waals surface area contributed by atoms with Gasteiger partial charge < -0.3 is 19.9 Å². The van der Waals surface area contributed by atoms with Crippen LogP contribution in [0.2, 0.25) is 0 Å². The Morgan fingerprint density at radius 3 is 2.25 bits per heavy atom. The quantitative estimate of drug-likeness (QED) is 0.319. The fraction of sp³-hybridized carbons (Fsp3) is 0.545. The molecule has 1 fully saturated rings. The Bertz CT molecular complexity index is 858. The second kappa shape index (κ2) is 11.8. The minimum atomic E-state index is -0.952. The lowest BCUT2D eigenvalue weighted by Crippen LogP contribution is -2.54. The molecule has 10 heteroatoms. The van der Waals surface area contributed by atoms with Gasteiger partial charge in [-0.2, -0.15) is 0 Å². The Hall–Kier alpha value is -2.66. The van der Waals surface area contributed by atoms with Gasteiger partial charge in [-0.25, -0.2) is 0 Å². The van der Waals surface area contributed by atoms with E-state index in [2.05, 4.69) is 5.32 Å². The van der Waals surface area contributed by atoms with Crippen molar-refractivity contribution in [3.05, 3.63) is 34.9 Å². The summed E-state index contributed by atoms with van der Waals surface area (Å²) in [5, 5.41) is 2.19. The molecule has 1 saturated heterocycles. The van der Waals surface area contributed by atoms with Crippen molar-refractivity contribution in [3.8, 4) is 0 Å². The van der Waals surface area contributed by atoms with Crippen LogP contribution in [0.4, 0.5) is 0 Å². The van der Waals surface area contributed by atoms with Crippen LogP contribution in [0.3, 0.4) is 0 Å². The molecule has 1 atom stereocenters. The number of nitrogens with zero attached hydrogens (tertiary/aromatic N) is 1. The summed E-state index contributed by atoms with van der Waals surface area (Å²) in [6, 6.07) is 4.18. The number of amides is 4. The first-order valence-corrected chi connectivity index (χ1v) is 10.8. The lowest BCUT2D eigenvalue weighted by atomic mass is 10.0. The average molecular weight is 447 g/mol. The monoisotopic (exact) mass is 447 g/mol. The number of fused-ring (bicyclic) bond motifs is 1. The van der Waals surface area contributed by atoms with Gasteiger partial charge in [0.1, 0.15) is 6.04 Å². The van der Waals surface area contributed by atoms with E-state index in [1.165, 1.54) is 0 Å². The van der Waals surface area contributed by atoms with Gasteiger partial charge in [0.2, 0.25) is 11.8 Å². The predicted octanol–water partition coefficient (Wildman–Crippen LogP) is 0.0289. The van der Waals surface area contributed by atoms with Crippen LogP contribution in [-0.4, -0.2) is 80.8 Å². The Morgan fingerprint density at radius 1 is 0.906 bits per heavy atom. The van der Waals surface area contributed by atoms with E-state index in [0.717, 1.165) is 16.9 Å². The largest absolute Gasteiger partial charge is 0.379 e. The van der Waals surface area contributed by atoms with E-state index in [1.54, 1.807) is 12.1 Å². The van der Waals surface area contributed by atoms with Crippen LogP contribution in [0.25, 0.3) is 0 Å². The smallest absolute Gasteiger partial charge is 0.262 e. The van der Waals surface area contributed by atoms with Crippen molar-refractivity contribution in [1.82, 2.24) is 10.2 Å². The molecule has 32 heavy (non-hydrogen) atoms. The zero-order chi connectivity index (χ0) is 22.9. The molecule has 0 aliphatic carbocycles. The molecule has 4 amide bonds. The molecular weight excluding hydrogens is 418 g/mol. The van der Waals surface area contributed by atoms with Gasteiger partial charge in [0.15, 0.2) is 0 Å². The number of hydrogen-bond donors (Lipinski definition) is 2. The zero-order valence-corrected chi connectivity index (χ0v) is 18.0. The number of piperidine rings is 1. The first kappa shape index (κ1) is 24.0.